The van der Waals surface area contributed by atoms with Gasteiger partial charge in [0.25, 0.3) is 0 Å². The molecule has 0 aromatic carbocycles. The highest BCUT2D eigenvalue weighted by Crippen LogP contribution is 2.40. The molecule has 0 amide bonds. The van der Waals surface area contributed by atoms with Crippen LogP contribution in [0.2, 0.25) is 0 Å². The minimum atomic E-state index is -3.49. The molecule has 7 heteroatoms. The van der Waals surface area contributed by atoms with Crippen molar-refractivity contribution in [2.45, 2.75) is 57.4 Å². The molecule has 1 N–H and O–H groups in total. The largest absolute Gasteiger partial charge is 0.481 e. The van der Waals surface area contributed by atoms with Gasteiger partial charge in [-0.25, -0.2) is 8.42 Å². The summed E-state index contributed by atoms with van der Waals surface area (Å²) in [6.07, 6.45) is 4.94. The summed E-state index contributed by atoms with van der Waals surface area (Å²) in [6.45, 7) is 0.453. The Labute approximate surface area is 125 Å². The van der Waals surface area contributed by atoms with E-state index in [1.807, 2.05) is 0 Å². The summed E-state index contributed by atoms with van der Waals surface area (Å²) in [5.41, 5.74) is -0.737. The molecule has 1 heterocycles. The predicted octanol–water partition coefficient (Wildman–Crippen LogP) is 1.73. The lowest BCUT2D eigenvalue weighted by Crippen LogP contribution is -2.41. The summed E-state index contributed by atoms with van der Waals surface area (Å²) >= 11 is 0. The van der Waals surface area contributed by atoms with Crippen LogP contribution >= 0.6 is 0 Å². The van der Waals surface area contributed by atoms with Crippen molar-refractivity contribution in [1.82, 2.24) is 4.31 Å². The third kappa shape index (κ3) is 3.74. The molecule has 0 aromatic heterocycles. The number of nitriles is 1. The highest BCUT2D eigenvalue weighted by Gasteiger charge is 2.43. The zero-order valence-corrected chi connectivity index (χ0v) is 12.9. The lowest BCUT2D eigenvalue weighted by Gasteiger charge is -2.28. The first-order valence-corrected chi connectivity index (χ1v) is 9.12. The molecular weight excluding hydrogens is 292 g/mol. The van der Waals surface area contributed by atoms with Crippen molar-refractivity contribution >= 4 is 16.0 Å². The standard InChI is InChI=1S/C14H22N2O4S/c15-10-14(7-1-2-8-14)11-21(19,20)16-9-3-4-12(16)5-6-13(17)18/h12H,1-9,11H2,(H,17,18). The van der Waals surface area contributed by atoms with Gasteiger partial charge in [0.05, 0.1) is 17.2 Å². The summed E-state index contributed by atoms with van der Waals surface area (Å²) in [5.74, 6) is -1.01. The van der Waals surface area contributed by atoms with Crippen molar-refractivity contribution in [2.24, 2.45) is 5.41 Å². The maximum absolute atomic E-state index is 12.6. The topological polar surface area (TPSA) is 98.5 Å². The number of sulfonamides is 1. The Morgan fingerprint density at radius 3 is 2.57 bits per heavy atom. The molecule has 2 fully saturated rings. The van der Waals surface area contributed by atoms with Gasteiger partial charge in [0.15, 0.2) is 0 Å². The molecule has 1 atom stereocenters. The monoisotopic (exact) mass is 314 g/mol. The number of hydrogen-bond acceptors (Lipinski definition) is 4. The summed E-state index contributed by atoms with van der Waals surface area (Å²) in [6, 6.07) is 2.00. The van der Waals surface area contributed by atoms with Gasteiger partial charge in [0.2, 0.25) is 10.0 Å². The van der Waals surface area contributed by atoms with E-state index in [4.69, 9.17) is 5.11 Å². The highest BCUT2D eigenvalue weighted by molar-refractivity contribution is 7.89. The Morgan fingerprint density at radius 1 is 1.33 bits per heavy atom. The number of carboxylic acids is 1. The molecule has 118 valence electrons. The van der Waals surface area contributed by atoms with Gasteiger partial charge in [-0.2, -0.15) is 9.57 Å². The van der Waals surface area contributed by atoms with Crippen molar-refractivity contribution in [3.8, 4) is 6.07 Å². The quantitative estimate of drug-likeness (QED) is 0.805. The summed E-state index contributed by atoms with van der Waals surface area (Å²) in [5, 5.41) is 18.1. The van der Waals surface area contributed by atoms with E-state index in [1.54, 1.807) is 0 Å². The molecule has 1 aliphatic carbocycles. The number of aliphatic carboxylic acids is 1. The maximum Gasteiger partial charge on any atom is 0.303 e. The average molecular weight is 314 g/mol. The normalized spacial score (nSPS) is 25.8. The number of carbonyl (C=O) groups is 1. The molecule has 1 saturated heterocycles. The van der Waals surface area contributed by atoms with Crippen molar-refractivity contribution < 1.29 is 18.3 Å². The number of nitrogens with zero attached hydrogens (tertiary/aromatic N) is 2. The van der Waals surface area contributed by atoms with Crippen LogP contribution in [-0.4, -0.2) is 42.1 Å². The number of rotatable bonds is 6. The fourth-order valence-corrected chi connectivity index (χ4v) is 5.82. The van der Waals surface area contributed by atoms with E-state index >= 15 is 0 Å². The molecule has 1 saturated carbocycles. The van der Waals surface area contributed by atoms with Gasteiger partial charge in [0, 0.05) is 19.0 Å². The predicted molar refractivity (Wildman–Crippen MR) is 76.9 cm³/mol. The molecule has 1 unspecified atom stereocenters. The van der Waals surface area contributed by atoms with E-state index in [-0.39, 0.29) is 18.2 Å². The third-order valence-electron chi connectivity index (χ3n) is 4.63. The van der Waals surface area contributed by atoms with Crippen LogP contribution in [0.5, 0.6) is 0 Å². The molecule has 21 heavy (non-hydrogen) atoms. The first-order valence-electron chi connectivity index (χ1n) is 7.51. The second-order valence-electron chi connectivity index (χ2n) is 6.19. The van der Waals surface area contributed by atoms with Crippen molar-refractivity contribution in [3.05, 3.63) is 0 Å². The minimum absolute atomic E-state index is 0.0138. The second-order valence-corrected chi connectivity index (χ2v) is 8.12. The van der Waals surface area contributed by atoms with Gasteiger partial charge in [-0.05, 0) is 32.1 Å². The minimum Gasteiger partial charge on any atom is -0.481 e. The van der Waals surface area contributed by atoms with Crippen LogP contribution in [0.1, 0.15) is 51.4 Å². The average Bonchev–Trinajstić information content (AvgIpc) is 3.05. The lowest BCUT2D eigenvalue weighted by molar-refractivity contribution is -0.137. The second kappa shape index (κ2) is 6.32. The summed E-state index contributed by atoms with van der Waals surface area (Å²) in [7, 11) is -3.49. The van der Waals surface area contributed by atoms with Crippen LogP contribution in [0.25, 0.3) is 0 Å². The van der Waals surface area contributed by atoms with E-state index < -0.39 is 21.4 Å². The van der Waals surface area contributed by atoms with E-state index in [1.165, 1.54) is 4.31 Å². The van der Waals surface area contributed by atoms with Gasteiger partial charge in [-0.1, -0.05) is 12.8 Å². The van der Waals surface area contributed by atoms with Crippen molar-refractivity contribution in [3.63, 3.8) is 0 Å². The summed E-state index contributed by atoms with van der Waals surface area (Å²) < 4.78 is 26.7. The van der Waals surface area contributed by atoms with Crippen LogP contribution < -0.4 is 0 Å². The van der Waals surface area contributed by atoms with Crippen LogP contribution in [0.15, 0.2) is 0 Å². The zero-order valence-electron chi connectivity index (χ0n) is 12.1. The van der Waals surface area contributed by atoms with Gasteiger partial charge >= 0.3 is 5.97 Å². The molecule has 0 bridgehead atoms. The lowest BCUT2D eigenvalue weighted by atomic mass is 9.91. The number of hydrogen-bond donors (Lipinski definition) is 1. The molecule has 2 aliphatic rings. The molecule has 1 aliphatic heterocycles. The molecule has 2 rings (SSSR count). The van der Waals surface area contributed by atoms with Gasteiger partial charge in [0.1, 0.15) is 0 Å². The molecular formula is C14H22N2O4S. The van der Waals surface area contributed by atoms with Gasteiger partial charge in [-0.15, -0.1) is 0 Å². The Bertz CT molecular complexity index is 532. The Hall–Kier alpha value is -1.13. The molecule has 0 aromatic rings. The maximum atomic E-state index is 12.6. The van der Waals surface area contributed by atoms with Crippen molar-refractivity contribution in [1.29, 1.82) is 5.26 Å². The van der Waals surface area contributed by atoms with Gasteiger partial charge in [-0.3, -0.25) is 4.79 Å². The van der Waals surface area contributed by atoms with E-state index in [0.717, 1.165) is 19.3 Å². The number of carboxylic acid groups (broad SMARTS) is 1. The fraction of sp³-hybridized carbons (Fsp3) is 0.857. The highest BCUT2D eigenvalue weighted by atomic mass is 32.2. The van der Waals surface area contributed by atoms with Crippen LogP contribution in [0, 0.1) is 16.7 Å². The van der Waals surface area contributed by atoms with E-state index in [0.29, 0.717) is 32.2 Å². The van der Waals surface area contributed by atoms with Crippen LogP contribution in [0.4, 0.5) is 0 Å². The third-order valence-corrected chi connectivity index (χ3v) is 6.74. The van der Waals surface area contributed by atoms with E-state index in [2.05, 4.69) is 6.07 Å². The first-order chi connectivity index (χ1) is 9.88. The Morgan fingerprint density at radius 2 is 2.00 bits per heavy atom. The molecule has 6 nitrogen and oxygen atoms in total. The van der Waals surface area contributed by atoms with Gasteiger partial charge < -0.3 is 5.11 Å². The Balaban J connectivity index is 2.07. The van der Waals surface area contributed by atoms with Crippen LogP contribution in [-0.2, 0) is 14.8 Å². The SMILES string of the molecule is N#CC1(CS(=O)(=O)N2CCCC2CCC(=O)O)CCCC1. The van der Waals surface area contributed by atoms with Crippen molar-refractivity contribution in [2.75, 3.05) is 12.3 Å². The van der Waals surface area contributed by atoms with Crippen LogP contribution in [0.3, 0.4) is 0 Å². The Kier molecular flexibility index (Phi) is 4.89. The van der Waals surface area contributed by atoms with E-state index in [9.17, 15) is 18.5 Å². The summed E-state index contributed by atoms with van der Waals surface area (Å²) in [4.78, 5) is 10.7. The molecule has 0 radical (unpaired) electrons. The zero-order chi connectivity index (χ0) is 15.5. The smallest absolute Gasteiger partial charge is 0.303 e. The first kappa shape index (κ1) is 16.2. The molecule has 0 spiro atoms. The fourth-order valence-electron chi connectivity index (χ4n) is 3.53.